The van der Waals surface area contributed by atoms with E-state index in [-0.39, 0.29) is 12.5 Å². The molecule has 0 heterocycles. The number of carbonyl (C=O) groups is 1. The van der Waals surface area contributed by atoms with Gasteiger partial charge in [0.2, 0.25) is 0 Å². The summed E-state index contributed by atoms with van der Waals surface area (Å²) in [5.74, 6) is -0.238. The van der Waals surface area contributed by atoms with Gasteiger partial charge in [-0.2, -0.15) is 0 Å². The molecule has 0 aliphatic carbocycles. The average Bonchev–Trinajstić information content (AvgIpc) is 2.17. The summed E-state index contributed by atoms with van der Waals surface area (Å²) in [5, 5.41) is 3.01. The van der Waals surface area contributed by atoms with Crippen molar-refractivity contribution in [1.29, 1.82) is 0 Å². The van der Waals surface area contributed by atoms with E-state index in [1.165, 1.54) is 18.2 Å². The van der Waals surface area contributed by atoms with Crippen LogP contribution in [0.15, 0.2) is 24.3 Å². The van der Waals surface area contributed by atoms with Crippen molar-refractivity contribution in [2.24, 2.45) is 0 Å². The summed E-state index contributed by atoms with van der Waals surface area (Å²) in [6, 6.07) is 8.16. The van der Waals surface area contributed by atoms with E-state index in [1.54, 1.807) is 0 Å². The van der Waals surface area contributed by atoms with Gasteiger partial charge in [-0.15, -0.1) is 0 Å². The predicted octanol–water partition coefficient (Wildman–Crippen LogP) is 1.26. The van der Waals surface area contributed by atoms with Crippen LogP contribution in [0.4, 0.5) is 0 Å². The zero-order valence-electron chi connectivity index (χ0n) is 8.54. The zero-order chi connectivity index (χ0) is 10.4. The molecule has 0 aliphatic rings. The van der Waals surface area contributed by atoms with Crippen molar-refractivity contribution in [2.45, 2.75) is 13.5 Å². The summed E-state index contributed by atoms with van der Waals surface area (Å²) in [6.45, 7) is 2.99. The van der Waals surface area contributed by atoms with Crippen LogP contribution in [0.1, 0.15) is 11.1 Å². The van der Waals surface area contributed by atoms with Crippen molar-refractivity contribution < 1.29 is 9.53 Å². The molecule has 0 radical (unpaired) electrons. The van der Waals surface area contributed by atoms with E-state index in [2.05, 4.69) is 16.1 Å². The predicted molar refractivity (Wildman–Crippen MR) is 54.9 cm³/mol. The van der Waals surface area contributed by atoms with Crippen LogP contribution in [-0.4, -0.2) is 19.6 Å². The van der Waals surface area contributed by atoms with Crippen LogP contribution in [0.25, 0.3) is 0 Å². The molecular formula is C11H15NO2. The SMILES string of the molecule is COC(=O)CNCc1cccc(C)c1. The lowest BCUT2D eigenvalue weighted by molar-refractivity contribution is -0.139. The topological polar surface area (TPSA) is 38.3 Å². The Bertz CT molecular complexity index is 310. The number of carbonyl (C=O) groups excluding carboxylic acids is 1. The molecule has 0 fully saturated rings. The van der Waals surface area contributed by atoms with Crippen molar-refractivity contribution in [1.82, 2.24) is 5.32 Å². The third-order valence-electron chi connectivity index (χ3n) is 1.91. The number of aryl methyl sites for hydroxylation is 1. The molecule has 14 heavy (non-hydrogen) atoms. The van der Waals surface area contributed by atoms with Gasteiger partial charge in [-0.05, 0) is 12.5 Å². The summed E-state index contributed by atoms with van der Waals surface area (Å²) in [6.07, 6.45) is 0. The molecule has 1 aromatic rings. The van der Waals surface area contributed by atoms with Crippen molar-refractivity contribution in [3.05, 3.63) is 35.4 Å². The monoisotopic (exact) mass is 193 g/mol. The fraction of sp³-hybridized carbons (Fsp3) is 0.364. The molecule has 1 rings (SSSR count). The normalized spacial score (nSPS) is 9.86. The van der Waals surface area contributed by atoms with Gasteiger partial charge in [0.25, 0.3) is 0 Å². The van der Waals surface area contributed by atoms with E-state index in [0.717, 1.165) is 0 Å². The third kappa shape index (κ3) is 3.58. The summed E-state index contributed by atoms with van der Waals surface area (Å²) in [4.78, 5) is 10.8. The number of nitrogens with one attached hydrogen (secondary N) is 1. The van der Waals surface area contributed by atoms with Crippen LogP contribution >= 0.6 is 0 Å². The van der Waals surface area contributed by atoms with E-state index in [9.17, 15) is 4.79 Å². The van der Waals surface area contributed by atoms with Crippen molar-refractivity contribution in [3.8, 4) is 0 Å². The quantitative estimate of drug-likeness (QED) is 0.731. The maximum absolute atomic E-state index is 10.8. The molecule has 0 spiro atoms. The van der Waals surface area contributed by atoms with Crippen molar-refractivity contribution >= 4 is 5.97 Å². The molecule has 1 aromatic carbocycles. The second kappa shape index (κ2) is 5.40. The highest BCUT2D eigenvalue weighted by atomic mass is 16.5. The molecule has 3 heteroatoms. The molecule has 1 N–H and O–H groups in total. The number of esters is 1. The van der Waals surface area contributed by atoms with Crippen LogP contribution in [0.5, 0.6) is 0 Å². The molecule has 0 bridgehead atoms. The highest BCUT2D eigenvalue weighted by Crippen LogP contribution is 2.02. The molecule has 76 valence electrons. The Morgan fingerprint density at radius 2 is 2.29 bits per heavy atom. The first-order chi connectivity index (χ1) is 6.72. The maximum Gasteiger partial charge on any atom is 0.319 e. The van der Waals surface area contributed by atoms with Crippen LogP contribution in [0.2, 0.25) is 0 Å². The molecule has 0 unspecified atom stereocenters. The van der Waals surface area contributed by atoms with E-state index >= 15 is 0 Å². The van der Waals surface area contributed by atoms with Crippen LogP contribution in [-0.2, 0) is 16.1 Å². The minimum absolute atomic E-state index is 0.238. The number of ether oxygens (including phenoxy) is 1. The average molecular weight is 193 g/mol. The minimum Gasteiger partial charge on any atom is -0.468 e. The highest BCUT2D eigenvalue weighted by Gasteiger charge is 1.98. The molecule has 0 aliphatic heterocycles. The van der Waals surface area contributed by atoms with Crippen LogP contribution in [0, 0.1) is 6.92 Å². The first-order valence-electron chi connectivity index (χ1n) is 4.55. The lowest BCUT2D eigenvalue weighted by Crippen LogP contribution is -2.23. The van der Waals surface area contributed by atoms with E-state index in [4.69, 9.17) is 0 Å². The van der Waals surface area contributed by atoms with Crippen molar-refractivity contribution in [2.75, 3.05) is 13.7 Å². The van der Waals surface area contributed by atoms with Gasteiger partial charge >= 0.3 is 5.97 Å². The summed E-state index contributed by atoms with van der Waals surface area (Å²) in [5.41, 5.74) is 2.40. The van der Waals surface area contributed by atoms with Gasteiger partial charge in [0, 0.05) is 6.54 Å². The zero-order valence-corrected chi connectivity index (χ0v) is 8.54. The first kappa shape index (κ1) is 10.7. The summed E-state index contributed by atoms with van der Waals surface area (Å²) >= 11 is 0. The number of benzene rings is 1. The lowest BCUT2D eigenvalue weighted by atomic mass is 10.1. The van der Waals surface area contributed by atoms with Gasteiger partial charge < -0.3 is 10.1 Å². The first-order valence-corrected chi connectivity index (χ1v) is 4.55. The maximum atomic E-state index is 10.8. The van der Waals surface area contributed by atoms with Crippen LogP contribution < -0.4 is 5.32 Å². The number of hydrogen-bond acceptors (Lipinski definition) is 3. The lowest BCUT2D eigenvalue weighted by Gasteiger charge is -2.04. The van der Waals surface area contributed by atoms with E-state index in [0.29, 0.717) is 6.54 Å². The molecule has 0 aromatic heterocycles. The largest absolute Gasteiger partial charge is 0.468 e. The molecule has 0 saturated heterocycles. The van der Waals surface area contributed by atoms with Gasteiger partial charge in [0.15, 0.2) is 0 Å². The summed E-state index contributed by atoms with van der Waals surface area (Å²) < 4.78 is 4.51. The van der Waals surface area contributed by atoms with Gasteiger partial charge in [-0.25, -0.2) is 0 Å². The number of methoxy groups -OCH3 is 1. The summed E-state index contributed by atoms with van der Waals surface area (Å²) in [7, 11) is 1.39. The smallest absolute Gasteiger partial charge is 0.319 e. The minimum atomic E-state index is -0.238. The molecular weight excluding hydrogens is 178 g/mol. The fourth-order valence-electron chi connectivity index (χ4n) is 1.20. The second-order valence-electron chi connectivity index (χ2n) is 3.17. The Kier molecular flexibility index (Phi) is 4.13. The van der Waals surface area contributed by atoms with Crippen LogP contribution in [0.3, 0.4) is 0 Å². The highest BCUT2D eigenvalue weighted by molar-refractivity contribution is 5.71. The third-order valence-corrected chi connectivity index (χ3v) is 1.91. The van der Waals surface area contributed by atoms with Gasteiger partial charge in [0.1, 0.15) is 0 Å². The van der Waals surface area contributed by atoms with Gasteiger partial charge in [0.05, 0.1) is 13.7 Å². The Morgan fingerprint density at radius 3 is 2.93 bits per heavy atom. The Labute approximate surface area is 84.1 Å². The molecule has 0 saturated carbocycles. The van der Waals surface area contributed by atoms with Gasteiger partial charge in [-0.3, -0.25) is 4.79 Å². The molecule has 0 amide bonds. The number of rotatable bonds is 4. The fourth-order valence-corrected chi connectivity index (χ4v) is 1.20. The second-order valence-corrected chi connectivity index (χ2v) is 3.17. The van der Waals surface area contributed by atoms with E-state index < -0.39 is 0 Å². The Balaban J connectivity index is 2.35. The van der Waals surface area contributed by atoms with E-state index in [1.807, 2.05) is 25.1 Å². The number of hydrogen-bond donors (Lipinski definition) is 1. The molecule has 3 nitrogen and oxygen atoms in total. The standard InChI is InChI=1S/C11H15NO2/c1-9-4-3-5-10(6-9)7-12-8-11(13)14-2/h3-6,12H,7-8H2,1-2H3. The Morgan fingerprint density at radius 1 is 1.50 bits per heavy atom. The molecule has 0 atom stereocenters. The van der Waals surface area contributed by atoms with Gasteiger partial charge in [-0.1, -0.05) is 29.8 Å². The van der Waals surface area contributed by atoms with Crippen molar-refractivity contribution in [3.63, 3.8) is 0 Å². The Hall–Kier alpha value is -1.35.